The average molecular weight is 423 g/mol. The predicted molar refractivity (Wildman–Crippen MR) is 116 cm³/mol. The molecule has 0 bridgehead atoms. The molecule has 3 atom stereocenters. The van der Waals surface area contributed by atoms with Gasteiger partial charge in [-0.2, -0.15) is 0 Å². The van der Waals surface area contributed by atoms with Crippen molar-refractivity contribution in [2.45, 2.75) is 37.5 Å². The lowest BCUT2D eigenvalue weighted by Gasteiger charge is -2.34. The van der Waals surface area contributed by atoms with E-state index >= 15 is 0 Å². The van der Waals surface area contributed by atoms with E-state index in [0.29, 0.717) is 31.0 Å². The quantitative estimate of drug-likeness (QED) is 0.591. The minimum atomic E-state index is -0.525. The number of nitrogens with one attached hydrogen (secondary N) is 3. The molecule has 2 amide bonds. The van der Waals surface area contributed by atoms with Crippen LogP contribution in [0.3, 0.4) is 0 Å². The molecule has 30 heavy (non-hydrogen) atoms. The van der Waals surface area contributed by atoms with Crippen LogP contribution in [0.2, 0.25) is 5.02 Å². The van der Waals surface area contributed by atoms with Crippen molar-refractivity contribution in [2.75, 3.05) is 6.54 Å². The second-order valence-corrected chi connectivity index (χ2v) is 8.51. The standard InChI is InChI=1S/C23H23ClN4O2/c24-16-7-5-14(6-8-16)11-25-17-10-21-22(29)27-20(23(30)28(21)13-17)9-15-12-26-19-4-2-1-3-18(15)19/h1-8,12,17,20-21,25-26H,9-11,13H2,(H,27,29)/t17-,20-,21-/m0/s1. The first-order valence-electron chi connectivity index (χ1n) is 10.2. The maximum absolute atomic E-state index is 13.1. The molecule has 3 N–H and O–H groups in total. The fourth-order valence-electron chi connectivity index (χ4n) is 4.53. The Morgan fingerprint density at radius 1 is 1.10 bits per heavy atom. The second-order valence-electron chi connectivity index (χ2n) is 8.07. The number of fused-ring (bicyclic) bond motifs is 2. The monoisotopic (exact) mass is 422 g/mol. The van der Waals surface area contributed by atoms with Gasteiger partial charge in [0.25, 0.3) is 0 Å². The van der Waals surface area contributed by atoms with E-state index in [9.17, 15) is 9.59 Å². The van der Waals surface area contributed by atoms with Crippen LogP contribution in [-0.2, 0) is 22.6 Å². The van der Waals surface area contributed by atoms with Crippen LogP contribution in [0.25, 0.3) is 10.9 Å². The number of hydrogen-bond donors (Lipinski definition) is 3. The third-order valence-electron chi connectivity index (χ3n) is 6.11. The summed E-state index contributed by atoms with van der Waals surface area (Å²) in [6, 6.07) is 14.9. The first-order chi connectivity index (χ1) is 14.6. The topological polar surface area (TPSA) is 77.2 Å². The van der Waals surface area contributed by atoms with Crippen molar-refractivity contribution in [2.24, 2.45) is 0 Å². The van der Waals surface area contributed by atoms with Gasteiger partial charge in [-0.15, -0.1) is 0 Å². The van der Waals surface area contributed by atoms with Gasteiger partial charge in [0.05, 0.1) is 0 Å². The number of aromatic amines is 1. The molecule has 2 fully saturated rings. The molecule has 0 unspecified atom stereocenters. The number of H-pyrrole nitrogens is 1. The summed E-state index contributed by atoms with van der Waals surface area (Å²) >= 11 is 5.94. The Labute approximate surface area is 179 Å². The number of halogens is 1. The highest BCUT2D eigenvalue weighted by molar-refractivity contribution is 6.30. The number of amides is 2. The molecule has 3 heterocycles. The normalized spacial score (nSPS) is 23.6. The van der Waals surface area contributed by atoms with Crippen molar-refractivity contribution in [3.63, 3.8) is 0 Å². The average Bonchev–Trinajstić information content (AvgIpc) is 3.37. The lowest BCUT2D eigenvalue weighted by atomic mass is 10.0. The van der Waals surface area contributed by atoms with Crippen molar-refractivity contribution >= 4 is 34.3 Å². The highest BCUT2D eigenvalue weighted by Gasteiger charge is 2.46. The summed E-state index contributed by atoms with van der Waals surface area (Å²) in [6.45, 7) is 1.23. The number of para-hydroxylation sites is 1. The Bertz CT molecular complexity index is 1090. The van der Waals surface area contributed by atoms with E-state index in [1.54, 1.807) is 4.90 Å². The molecule has 6 nitrogen and oxygen atoms in total. The molecular formula is C23H23ClN4O2. The van der Waals surface area contributed by atoms with Gasteiger partial charge in [0, 0.05) is 47.7 Å². The third-order valence-corrected chi connectivity index (χ3v) is 6.36. The van der Waals surface area contributed by atoms with Crippen LogP contribution in [0.5, 0.6) is 0 Å². The van der Waals surface area contributed by atoms with Gasteiger partial charge in [0.1, 0.15) is 12.1 Å². The van der Waals surface area contributed by atoms with Crippen LogP contribution in [0.4, 0.5) is 0 Å². The number of carbonyl (C=O) groups excluding carboxylic acids is 2. The molecule has 154 valence electrons. The summed E-state index contributed by atoms with van der Waals surface area (Å²) in [5.74, 6) is -0.0593. The van der Waals surface area contributed by atoms with Gasteiger partial charge in [0.2, 0.25) is 11.8 Å². The summed E-state index contributed by atoms with van der Waals surface area (Å²) in [4.78, 5) is 30.8. The van der Waals surface area contributed by atoms with E-state index in [2.05, 4.69) is 15.6 Å². The van der Waals surface area contributed by atoms with Crippen molar-refractivity contribution < 1.29 is 9.59 Å². The Morgan fingerprint density at radius 3 is 2.73 bits per heavy atom. The number of rotatable bonds is 5. The zero-order chi connectivity index (χ0) is 20.7. The predicted octanol–water partition coefficient (Wildman–Crippen LogP) is 2.62. The van der Waals surface area contributed by atoms with E-state index in [-0.39, 0.29) is 23.9 Å². The van der Waals surface area contributed by atoms with Gasteiger partial charge in [-0.1, -0.05) is 41.9 Å². The smallest absolute Gasteiger partial charge is 0.246 e. The second kappa shape index (κ2) is 7.78. The summed E-state index contributed by atoms with van der Waals surface area (Å²) in [5.41, 5.74) is 3.20. The molecule has 2 aliphatic rings. The summed E-state index contributed by atoms with van der Waals surface area (Å²) in [6.07, 6.45) is 3.04. The highest BCUT2D eigenvalue weighted by Crippen LogP contribution is 2.26. The zero-order valence-corrected chi connectivity index (χ0v) is 17.2. The molecule has 2 aliphatic heterocycles. The largest absolute Gasteiger partial charge is 0.361 e. The van der Waals surface area contributed by atoms with Gasteiger partial charge < -0.3 is 20.5 Å². The van der Waals surface area contributed by atoms with Crippen molar-refractivity contribution in [1.82, 2.24) is 20.5 Å². The van der Waals surface area contributed by atoms with Crippen LogP contribution in [-0.4, -0.2) is 46.4 Å². The Morgan fingerprint density at radius 2 is 1.90 bits per heavy atom. The van der Waals surface area contributed by atoms with Gasteiger partial charge in [-0.25, -0.2) is 0 Å². The summed E-state index contributed by atoms with van der Waals surface area (Å²) in [7, 11) is 0. The van der Waals surface area contributed by atoms with Crippen molar-refractivity contribution in [3.8, 4) is 0 Å². The van der Waals surface area contributed by atoms with Crippen LogP contribution in [0.15, 0.2) is 54.7 Å². The Hall–Kier alpha value is -2.83. The molecule has 3 aromatic rings. The fourth-order valence-corrected chi connectivity index (χ4v) is 4.65. The molecule has 1 aromatic heterocycles. The molecule has 7 heteroatoms. The lowest BCUT2D eigenvalue weighted by molar-refractivity contribution is -0.146. The van der Waals surface area contributed by atoms with Crippen molar-refractivity contribution in [3.05, 3.63) is 70.9 Å². The van der Waals surface area contributed by atoms with Gasteiger partial charge >= 0.3 is 0 Å². The number of piperazine rings is 1. The molecule has 2 saturated heterocycles. The highest BCUT2D eigenvalue weighted by atomic mass is 35.5. The Kier molecular flexibility index (Phi) is 4.97. The number of hydrogen-bond acceptors (Lipinski definition) is 3. The fraction of sp³-hybridized carbons (Fsp3) is 0.304. The van der Waals surface area contributed by atoms with Crippen LogP contribution >= 0.6 is 11.6 Å². The third kappa shape index (κ3) is 3.57. The number of aromatic nitrogens is 1. The molecule has 0 aliphatic carbocycles. The summed E-state index contributed by atoms with van der Waals surface area (Å²) in [5, 5.41) is 8.23. The first-order valence-corrected chi connectivity index (χ1v) is 10.6. The van der Waals surface area contributed by atoms with E-state index < -0.39 is 6.04 Å². The minimum Gasteiger partial charge on any atom is -0.361 e. The van der Waals surface area contributed by atoms with Crippen LogP contribution in [0.1, 0.15) is 17.5 Å². The van der Waals surface area contributed by atoms with Gasteiger partial charge in [-0.3, -0.25) is 9.59 Å². The Balaban J connectivity index is 1.26. The molecule has 5 rings (SSSR count). The SMILES string of the molecule is O=C1N[C@@H](Cc2c[nH]c3ccccc23)C(=O)N2C[C@@H](NCc3ccc(Cl)cc3)C[C@@H]12. The van der Waals surface area contributed by atoms with Crippen molar-refractivity contribution in [1.29, 1.82) is 0 Å². The van der Waals surface area contributed by atoms with Gasteiger partial charge in [-0.05, 0) is 35.7 Å². The maximum atomic E-state index is 13.1. The van der Waals surface area contributed by atoms with Crippen LogP contribution in [0, 0.1) is 0 Å². The van der Waals surface area contributed by atoms with E-state index in [1.807, 2.05) is 54.7 Å². The van der Waals surface area contributed by atoms with E-state index in [1.165, 1.54) is 0 Å². The minimum absolute atomic E-state index is 0.000624. The molecule has 2 aromatic carbocycles. The number of benzene rings is 2. The number of nitrogens with zero attached hydrogens (tertiary/aromatic N) is 1. The maximum Gasteiger partial charge on any atom is 0.246 e. The lowest BCUT2D eigenvalue weighted by Crippen LogP contribution is -2.61. The molecule has 0 spiro atoms. The van der Waals surface area contributed by atoms with E-state index in [4.69, 9.17) is 11.6 Å². The van der Waals surface area contributed by atoms with Crippen LogP contribution < -0.4 is 10.6 Å². The molecule has 0 radical (unpaired) electrons. The molecular weight excluding hydrogens is 400 g/mol. The molecule has 0 saturated carbocycles. The van der Waals surface area contributed by atoms with E-state index in [0.717, 1.165) is 22.0 Å². The zero-order valence-electron chi connectivity index (χ0n) is 16.4. The van der Waals surface area contributed by atoms with Gasteiger partial charge in [0.15, 0.2) is 0 Å². The summed E-state index contributed by atoms with van der Waals surface area (Å²) < 4.78 is 0. The number of carbonyl (C=O) groups is 2. The first kappa shape index (κ1) is 19.2.